The Morgan fingerprint density at radius 2 is 1.90 bits per heavy atom. The van der Waals surface area contributed by atoms with Crippen LogP contribution in [0.4, 0.5) is 19.0 Å². The molecule has 21 heavy (non-hydrogen) atoms. The summed E-state index contributed by atoms with van der Waals surface area (Å²) in [5.41, 5.74) is 7.14. The zero-order chi connectivity index (χ0) is 15.6. The number of hydrogen-bond acceptors (Lipinski definition) is 4. The van der Waals surface area contributed by atoms with Crippen LogP contribution in [0.3, 0.4) is 0 Å². The molecule has 0 aliphatic carbocycles. The number of thiocarbonyl (C=S) groups is 1. The maximum Gasteiger partial charge on any atom is 0.401 e. The Bertz CT molecular complexity index is 525. The smallest absolute Gasteiger partial charge is 0.389 e. The van der Waals surface area contributed by atoms with Gasteiger partial charge in [-0.2, -0.15) is 13.2 Å². The quantitative estimate of drug-likeness (QED) is 0.860. The first-order valence-electron chi connectivity index (χ1n) is 6.57. The van der Waals surface area contributed by atoms with Crippen molar-refractivity contribution in [2.24, 2.45) is 5.73 Å². The fourth-order valence-electron chi connectivity index (χ4n) is 2.34. The number of halogens is 3. The van der Waals surface area contributed by atoms with Crippen LogP contribution in [-0.2, 0) is 0 Å². The van der Waals surface area contributed by atoms with Crippen molar-refractivity contribution in [3.63, 3.8) is 0 Å². The third kappa shape index (κ3) is 4.53. The Kier molecular flexibility index (Phi) is 4.67. The van der Waals surface area contributed by atoms with Gasteiger partial charge in [0, 0.05) is 37.4 Å². The molecule has 4 nitrogen and oxygen atoms in total. The fraction of sp³-hybridized carbons (Fsp3) is 0.538. The van der Waals surface area contributed by atoms with Gasteiger partial charge in [0.2, 0.25) is 0 Å². The normalized spacial score (nSPS) is 17.0. The Morgan fingerprint density at radius 3 is 2.43 bits per heavy atom. The van der Waals surface area contributed by atoms with E-state index in [1.165, 1.54) is 4.90 Å². The summed E-state index contributed by atoms with van der Waals surface area (Å²) in [5, 5.41) is 0. The average Bonchev–Trinajstić information content (AvgIpc) is 2.37. The number of rotatable bonds is 3. The zero-order valence-corrected chi connectivity index (χ0v) is 12.5. The lowest BCUT2D eigenvalue weighted by Gasteiger charge is -2.35. The number of aryl methyl sites for hydroxylation is 1. The van der Waals surface area contributed by atoms with E-state index in [2.05, 4.69) is 4.98 Å². The number of piperazine rings is 1. The first kappa shape index (κ1) is 16.0. The second-order valence-electron chi connectivity index (χ2n) is 5.10. The maximum atomic E-state index is 12.4. The molecule has 0 radical (unpaired) electrons. The molecule has 1 aliphatic rings. The van der Waals surface area contributed by atoms with Crippen molar-refractivity contribution < 1.29 is 13.2 Å². The van der Waals surface area contributed by atoms with Crippen LogP contribution in [0, 0.1) is 6.92 Å². The van der Waals surface area contributed by atoms with E-state index in [0.29, 0.717) is 32.0 Å². The summed E-state index contributed by atoms with van der Waals surface area (Å²) in [6, 6.07) is 3.58. The molecule has 1 aromatic rings. The first-order chi connectivity index (χ1) is 9.74. The summed E-state index contributed by atoms with van der Waals surface area (Å²) in [4.78, 5) is 8.06. The summed E-state index contributed by atoms with van der Waals surface area (Å²) in [6.07, 6.45) is -4.15. The van der Waals surface area contributed by atoms with Crippen molar-refractivity contribution in [2.75, 3.05) is 37.6 Å². The predicted molar refractivity (Wildman–Crippen MR) is 79.6 cm³/mol. The lowest BCUT2D eigenvalue weighted by molar-refractivity contribution is -0.146. The minimum absolute atomic E-state index is 0.289. The van der Waals surface area contributed by atoms with Gasteiger partial charge in [-0.3, -0.25) is 4.90 Å². The molecule has 2 rings (SSSR count). The molecule has 0 saturated carbocycles. The maximum absolute atomic E-state index is 12.4. The van der Waals surface area contributed by atoms with Crippen molar-refractivity contribution in [3.8, 4) is 0 Å². The first-order valence-corrected chi connectivity index (χ1v) is 6.98. The third-order valence-corrected chi connectivity index (χ3v) is 3.56. The molecular formula is C13H17F3N4S. The molecule has 1 aromatic heterocycles. The van der Waals surface area contributed by atoms with Crippen LogP contribution < -0.4 is 10.6 Å². The van der Waals surface area contributed by atoms with Gasteiger partial charge in [0.1, 0.15) is 10.8 Å². The molecule has 0 atom stereocenters. The summed E-state index contributed by atoms with van der Waals surface area (Å²) in [7, 11) is 0. The van der Waals surface area contributed by atoms with Crippen LogP contribution in [0.5, 0.6) is 0 Å². The minimum atomic E-state index is -4.15. The van der Waals surface area contributed by atoms with Gasteiger partial charge in [-0.15, -0.1) is 0 Å². The van der Waals surface area contributed by atoms with E-state index < -0.39 is 12.7 Å². The highest BCUT2D eigenvalue weighted by molar-refractivity contribution is 7.80. The molecule has 0 amide bonds. The van der Waals surface area contributed by atoms with Crippen molar-refractivity contribution in [1.82, 2.24) is 9.88 Å². The highest BCUT2D eigenvalue weighted by Crippen LogP contribution is 2.20. The molecule has 2 N–H and O–H groups in total. The standard InChI is InChI=1S/C13H17F3N4S/c1-9-6-10(12(17)21)7-11(18-9)20-4-2-19(3-5-20)8-13(14,15)16/h6-7H,2-5,8H2,1H3,(H2,17,21). The van der Waals surface area contributed by atoms with Gasteiger partial charge >= 0.3 is 6.18 Å². The van der Waals surface area contributed by atoms with E-state index >= 15 is 0 Å². The number of alkyl halides is 3. The molecule has 0 unspecified atom stereocenters. The van der Waals surface area contributed by atoms with Crippen molar-refractivity contribution in [1.29, 1.82) is 0 Å². The number of pyridine rings is 1. The van der Waals surface area contributed by atoms with Gasteiger partial charge in [-0.1, -0.05) is 12.2 Å². The second-order valence-corrected chi connectivity index (χ2v) is 5.54. The van der Waals surface area contributed by atoms with E-state index in [9.17, 15) is 13.2 Å². The molecule has 116 valence electrons. The molecule has 8 heteroatoms. The largest absolute Gasteiger partial charge is 0.401 e. The van der Waals surface area contributed by atoms with Gasteiger partial charge < -0.3 is 10.6 Å². The summed E-state index contributed by atoms with van der Waals surface area (Å²) >= 11 is 4.96. The van der Waals surface area contributed by atoms with Crippen LogP contribution in [0.15, 0.2) is 12.1 Å². The van der Waals surface area contributed by atoms with E-state index in [-0.39, 0.29) is 4.99 Å². The van der Waals surface area contributed by atoms with E-state index in [1.54, 1.807) is 12.1 Å². The van der Waals surface area contributed by atoms with Crippen LogP contribution in [0.25, 0.3) is 0 Å². The molecule has 1 saturated heterocycles. The van der Waals surface area contributed by atoms with E-state index in [0.717, 1.165) is 11.3 Å². The predicted octanol–water partition coefficient (Wildman–Crippen LogP) is 1.71. The number of nitrogens with two attached hydrogens (primary N) is 1. The number of aromatic nitrogens is 1. The Morgan fingerprint density at radius 1 is 1.29 bits per heavy atom. The Hall–Kier alpha value is -1.41. The van der Waals surface area contributed by atoms with Crippen LogP contribution in [0.2, 0.25) is 0 Å². The molecular weight excluding hydrogens is 301 g/mol. The third-order valence-electron chi connectivity index (χ3n) is 3.32. The lowest BCUT2D eigenvalue weighted by Crippen LogP contribution is -2.49. The van der Waals surface area contributed by atoms with Crippen LogP contribution in [-0.4, -0.2) is 53.8 Å². The Balaban J connectivity index is 2.04. The van der Waals surface area contributed by atoms with Crippen molar-refractivity contribution in [2.45, 2.75) is 13.1 Å². The average molecular weight is 318 g/mol. The fourth-order valence-corrected chi connectivity index (χ4v) is 2.46. The number of nitrogens with zero attached hydrogens (tertiary/aromatic N) is 3. The molecule has 0 spiro atoms. The minimum Gasteiger partial charge on any atom is -0.389 e. The molecule has 1 aliphatic heterocycles. The lowest BCUT2D eigenvalue weighted by atomic mass is 10.2. The van der Waals surface area contributed by atoms with E-state index in [4.69, 9.17) is 18.0 Å². The zero-order valence-electron chi connectivity index (χ0n) is 11.7. The van der Waals surface area contributed by atoms with E-state index in [1.807, 2.05) is 11.8 Å². The number of anilines is 1. The molecule has 2 heterocycles. The monoisotopic (exact) mass is 318 g/mol. The summed E-state index contributed by atoms with van der Waals surface area (Å²) < 4.78 is 37.1. The highest BCUT2D eigenvalue weighted by Gasteiger charge is 2.32. The molecule has 1 fully saturated rings. The Labute approximate surface area is 126 Å². The van der Waals surface area contributed by atoms with Gasteiger partial charge in [0.05, 0.1) is 6.54 Å². The van der Waals surface area contributed by atoms with Gasteiger partial charge in [-0.25, -0.2) is 4.98 Å². The topological polar surface area (TPSA) is 45.4 Å². The second kappa shape index (κ2) is 6.15. The summed E-state index contributed by atoms with van der Waals surface area (Å²) in [5.74, 6) is 0.712. The van der Waals surface area contributed by atoms with Crippen LogP contribution >= 0.6 is 12.2 Å². The number of hydrogen-bond donors (Lipinski definition) is 1. The van der Waals surface area contributed by atoms with Crippen molar-refractivity contribution >= 4 is 23.0 Å². The molecule has 0 bridgehead atoms. The highest BCUT2D eigenvalue weighted by atomic mass is 32.1. The van der Waals surface area contributed by atoms with Gasteiger partial charge in [0.25, 0.3) is 0 Å². The summed E-state index contributed by atoms with van der Waals surface area (Å²) in [6.45, 7) is 2.70. The van der Waals surface area contributed by atoms with Gasteiger partial charge in [0.15, 0.2) is 0 Å². The van der Waals surface area contributed by atoms with Crippen molar-refractivity contribution in [3.05, 3.63) is 23.4 Å². The SMILES string of the molecule is Cc1cc(C(N)=S)cc(N2CCN(CC(F)(F)F)CC2)n1. The van der Waals surface area contributed by atoms with Gasteiger partial charge in [-0.05, 0) is 19.1 Å². The van der Waals surface area contributed by atoms with Crippen LogP contribution in [0.1, 0.15) is 11.3 Å². The molecule has 0 aromatic carbocycles.